The first-order valence-electron chi connectivity index (χ1n) is 8.84. The van der Waals surface area contributed by atoms with Crippen LogP contribution in [-0.2, 0) is 0 Å². The van der Waals surface area contributed by atoms with Crippen LogP contribution in [0.25, 0.3) is 0 Å². The lowest BCUT2D eigenvalue weighted by molar-refractivity contribution is 0.0729. The van der Waals surface area contributed by atoms with Gasteiger partial charge in [-0.3, -0.25) is 9.59 Å². The van der Waals surface area contributed by atoms with Crippen LogP contribution in [-0.4, -0.2) is 34.1 Å². The van der Waals surface area contributed by atoms with Gasteiger partial charge in [0.05, 0.1) is 11.7 Å². The highest BCUT2D eigenvalue weighted by molar-refractivity contribution is 5.95. The van der Waals surface area contributed by atoms with E-state index in [1.165, 1.54) is 6.07 Å². The van der Waals surface area contributed by atoms with Crippen molar-refractivity contribution in [3.8, 4) is 11.5 Å². The van der Waals surface area contributed by atoms with Crippen LogP contribution in [0.4, 0.5) is 0 Å². The summed E-state index contributed by atoms with van der Waals surface area (Å²) in [6.07, 6.45) is 1.65. The number of rotatable bonds is 3. The molecule has 0 spiro atoms. The normalized spacial score (nSPS) is 18.6. The molecule has 2 aliphatic rings. The zero-order valence-electron chi connectivity index (χ0n) is 14.8. The van der Waals surface area contributed by atoms with Crippen molar-refractivity contribution in [2.45, 2.75) is 38.6 Å². The largest absolute Gasteiger partial charge is 0.454 e. The van der Waals surface area contributed by atoms with E-state index in [9.17, 15) is 9.59 Å². The van der Waals surface area contributed by atoms with Gasteiger partial charge in [-0.15, -0.1) is 0 Å². The molecule has 1 saturated heterocycles. The number of hydrogen-bond acceptors (Lipinski definition) is 5. The van der Waals surface area contributed by atoms with Crippen molar-refractivity contribution >= 4 is 5.91 Å². The highest BCUT2D eigenvalue weighted by atomic mass is 16.7. The summed E-state index contributed by atoms with van der Waals surface area (Å²) in [7, 11) is 0. The molecule has 1 aromatic heterocycles. The van der Waals surface area contributed by atoms with Crippen molar-refractivity contribution in [1.29, 1.82) is 0 Å². The number of nitrogens with one attached hydrogen (secondary N) is 1. The van der Waals surface area contributed by atoms with Crippen LogP contribution in [0.15, 0.2) is 29.1 Å². The molecule has 2 aromatic rings. The standard InChI is InChI=1S/C19H21N3O4/c1-11(2)13-9-17(23)21-18(20-13)14-4-3-7-22(14)19(24)12-5-6-15-16(8-12)26-10-25-15/h5-6,8-9,11,14H,3-4,7,10H2,1-2H3,(H,20,21,23)/t14-/m1/s1. The molecule has 26 heavy (non-hydrogen) atoms. The molecule has 1 fully saturated rings. The minimum absolute atomic E-state index is 0.0941. The van der Waals surface area contributed by atoms with E-state index < -0.39 is 0 Å². The second-order valence-corrected chi connectivity index (χ2v) is 6.93. The van der Waals surface area contributed by atoms with Crippen LogP contribution < -0.4 is 15.0 Å². The number of ether oxygens (including phenoxy) is 2. The maximum Gasteiger partial charge on any atom is 0.254 e. The summed E-state index contributed by atoms with van der Waals surface area (Å²) in [6.45, 7) is 4.80. The summed E-state index contributed by atoms with van der Waals surface area (Å²) in [5.74, 6) is 1.85. The highest BCUT2D eigenvalue weighted by Gasteiger charge is 2.33. The Balaban J connectivity index is 1.64. The molecule has 0 saturated carbocycles. The monoisotopic (exact) mass is 355 g/mol. The predicted molar refractivity (Wildman–Crippen MR) is 94.5 cm³/mol. The summed E-state index contributed by atoms with van der Waals surface area (Å²) >= 11 is 0. The van der Waals surface area contributed by atoms with Gasteiger partial charge in [0.25, 0.3) is 11.5 Å². The van der Waals surface area contributed by atoms with Crippen molar-refractivity contribution in [3.05, 3.63) is 51.7 Å². The van der Waals surface area contributed by atoms with E-state index in [2.05, 4.69) is 9.97 Å². The van der Waals surface area contributed by atoms with E-state index in [0.717, 1.165) is 18.5 Å². The Labute approximate surface area is 151 Å². The first-order valence-corrected chi connectivity index (χ1v) is 8.84. The number of hydrogen-bond donors (Lipinski definition) is 1. The van der Waals surface area contributed by atoms with Gasteiger partial charge < -0.3 is 19.4 Å². The van der Waals surface area contributed by atoms with E-state index in [1.807, 2.05) is 13.8 Å². The molecule has 7 nitrogen and oxygen atoms in total. The van der Waals surface area contributed by atoms with Gasteiger partial charge in [-0.1, -0.05) is 13.8 Å². The van der Waals surface area contributed by atoms with Gasteiger partial charge in [-0.05, 0) is 37.0 Å². The fourth-order valence-electron chi connectivity index (χ4n) is 3.44. The molecular weight excluding hydrogens is 334 g/mol. The number of carbonyl (C=O) groups is 1. The first-order chi connectivity index (χ1) is 12.5. The molecule has 1 amide bonds. The Bertz CT molecular complexity index is 906. The van der Waals surface area contributed by atoms with Crippen molar-refractivity contribution < 1.29 is 14.3 Å². The van der Waals surface area contributed by atoms with Crippen LogP contribution in [0.2, 0.25) is 0 Å². The molecule has 7 heteroatoms. The second-order valence-electron chi connectivity index (χ2n) is 6.93. The average Bonchev–Trinajstić information content (AvgIpc) is 3.29. The number of aromatic amines is 1. The number of nitrogens with zero attached hydrogens (tertiary/aromatic N) is 2. The predicted octanol–water partition coefficient (Wildman–Crippen LogP) is 2.60. The summed E-state index contributed by atoms with van der Waals surface area (Å²) in [5.41, 5.74) is 1.11. The summed E-state index contributed by atoms with van der Waals surface area (Å²) in [4.78, 5) is 34.3. The molecule has 4 rings (SSSR count). The van der Waals surface area contributed by atoms with Gasteiger partial charge in [0.2, 0.25) is 6.79 Å². The van der Waals surface area contributed by atoms with Crippen molar-refractivity contribution in [2.24, 2.45) is 0 Å². The lowest BCUT2D eigenvalue weighted by Gasteiger charge is -2.24. The van der Waals surface area contributed by atoms with E-state index >= 15 is 0 Å². The number of amides is 1. The van der Waals surface area contributed by atoms with Gasteiger partial charge in [0.15, 0.2) is 11.5 Å². The quantitative estimate of drug-likeness (QED) is 0.915. The number of benzene rings is 1. The highest BCUT2D eigenvalue weighted by Crippen LogP contribution is 2.35. The molecule has 136 valence electrons. The van der Waals surface area contributed by atoms with Crippen molar-refractivity contribution in [2.75, 3.05) is 13.3 Å². The Morgan fingerprint density at radius 2 is 2.08 bits per heavy atom. The SMILES string of the molecule is CC(C)c1cc(=O)[nH]c([C@H]2CCCN2C(=O)c2ccc3c(c2)OCO3)n1. The fraction of sp³-hybridized carbons (Fsp3) is 0.421. The average molecular weight is 355 g/mol. The fourth-order valence-corrected chi connectivity index (χ4v) is 3.44. The molecule has 0 aliphatic carbocycles. The molecule has 1 atom stereocenters. The molecule has 3 heterocycles. The second kappa shape index (κ2) is 6.48. The summed E-state index contributed by atoms with van der Waals surface area (Å²) in [6, 6.07) is 6.50. The van der Waals surface area contributed by atoms with Crippen LogP contribution in [0.1, 0.15) is 60.5 Å². The summed E-state index contributed by atoms with van der Waals surface area (Å²) < 4.78 is 10.7. The van der Waals surface area contributed by atoms with Gasteiger partial charge in [0.1, 0.15) is 5.82 Å². The Morgan fingerprint density at radius 3 is 2.88 bits per heavy atom. The lowest BCUT2D eigenvalue weighted by Crippen LogP contribution is -2.32. The molecular formula is C19H21N3O4. The summed E-state index contributed by atoms with van der Waals surface area (Å²) in [5, 5.41) is 0. The Morgan fingerprint density at radius 1 is 1.27 bits per heavy atom. The van der Waals surface area contributed by atoms with Gasteiger partial charge in [-0.25, -0.2) is 4.98 Å². The Kier molecular flexibility index (Phi) is 4.14. The third-order valence-corrected chi connectivity index (χ3v) is 4.82. The van der Waals surface area contributed by atoms with E-state index in [4.69, 9.17) is 9.47 Å². The van der Waals surface area contributed by atoms with E-state index in [1.54, 1.807) is 23.1 Å². The van der Waals surface area contributed by atoms with Crippen LogP contribution in [0, 0.1) is 0 Å². The smallest absolute Gasteiger partial charge is 0.254 e. The molecule has 0 radical (unpaired) electrons. The van der Waals surface area contributed by atoms with Gasteiger partial charge in [0, 0.05) is 18.2 Å². The molecule has 0 bridgehead atoms. The maximum atomic E-state index is 13.0. The zero-order chi connectivity index (χ0) is 18.3. The maximum absolute atomic E-state index is 13.0. The molecule has 1 N–H and O–H groups in total. The number of H-pyrrole nitrogens is 1. The minimum Gasteiger partial charge on any atom is -0.454 e. The van der Waals surface area contributed by atoms with Crippen molar-refractivity contribution in [3.63, 3.8) is 0 Å². The van der Waals surface area contributed by atoms with Gasteiger partial charge >= 0.3 is 0 Å². The minimum atomic E-state index is -0.223. The third kappa shape index (κ3) is 2.94. The topological polar surface area (TPSA) is 84.5 Å². The number of likely N-dealkylation sites (tertiary alicyclic amines) is 1. The zero-order valence-corrected chi connectivity index (χ0v) is 14.8. The molecule has 0 unspecified atom stereocenters. The first kappa shape index (κ1) is 16.6. The van der Waals surface area contributed by atoms with Crippen LogP contribution >= 0.6 is 0 Å². The number of fused-ring (bicyclic) bond motifs is 1. The van der Waals surface area contributed by atoms with Gasteiger partial charge in [-0.2, -0.15) is 0 Å². The number of aromatic nitrogens is 2. The lowest BCUT2D eigenvalue weighted by atomic mass is 10.1. The molecule has 2 aliphatic heterocycles. The van der Waals surface area contributed by atoms with Crippen molar-refractivity contribution in [1.82, 2.24) is 14.9 Å². The number of carbonyl (C=O) groups excluding carboxylic acids is 1. The third-order valence-electron chi connectivity index (χ3n) is 4.82. The Hall–Kier alpha value is -2.83. The molecule has 1 aromatic carbocycles. The van der Waals surface area contributed by atoms with E-state index in [0.29, 0.717) is 29.4 Å². The van der Waals surface area contributed by atoms with E-state index in [-0.39, 0.29) is 30.2 Å². The van der Waals surface area contributed by atoms with Crippen LogP contribution in [0.3, 0.4) is 0 Å². The van der Waals surface area contributed by atoms with Crippen LogP contribution in [0.5, 0.6) is 11.5 Å².